The van der Waals surface area contributed by atoms with Gasteiger partial charge in [-0.2, -0.15) is 0 Å². The normalized spacial score (nSPS) is 7.80. The van der Waals surface area contributed by atoms with Crippen molar-refractivity contribution in [3.05, 3.63) is 0 Å². The van der Waals surface area contributed by atoms with Crippen LogP contribution in [0.2, 0.25) is 0 Å². The zero-order valence-electron chi connectivity index (χ0n) is 6.14. The number of halogens is 1. The molecule has 0 radical (unpaired) electrons. The molecule has 0 unspecified atom stereocenters. The Balaban J connectivity index is 0. The minimum absolute atomic E-state index is 0. The van der Waals surface area contributed by atoms with Crippen molar-refractivity contribution in [2.24, 2.45) is 0 Å². The van der Waals surface area contributed by atoms with Crippen molar-refractivity contribution in [2.45, 2.75) is 19.8 Å². The molecular weight excluding hydrogens is 154 g/mol. The van der Waals surface area contributed by atoms with Gasteiger partial charge in [0.2, 0.25) is 0 Å². The SMILES string of the molecule is CCCC(=N)C(=O)OC.Cl. The number of methoxy groups -OCH3 is 1. The summed E-state index contributed by atoms with van der Waals surface area (Å²) in [6, 6.07) is 0. The third-order valence-electron chi connectivity index (χ3n) is 0.932. The zero-order valence-corrected chi connectivity index (χ0v) is 6.96. The van der Waals surface area contributed by atoms with Gasteiger partial charge in [-0.1, -0.05) is 13.3 Å². The quantitative estimate of drug-likeness (QED) is 0.508. The summed E-state index contributed by atoms with van der Waals surface area (Å²) in [5, 5.41) is 7.02. The Bertz CT molecular complexity index is 125. The van der Waals surface area contributed by atoms with Crippen molar-refractivity contribution >= 4 is 24.1 Å². The van der Waals surface area contributed by atoms with E-state index in [9.17, 15) is 4.79 Å². The van der Waals surface area contributed by atoms with Gasteiger partial charge in [-0.3, -0.25) is 5.41 Å². The first-order chi connectivity index (χ1) is 4.22. The highest BCUT2D eigenvalue weighted by molar-refractivity contribution is 6.34. The minimum atomic E-state index is -0.517. The molecule has 3 nitrogen and oxygen atoms in total. The summed E-state index contributed by atoms with van der Waals surface area (Å²) >= 11 is 0. The molecule has 0 aliphatic heterocycles. The zero-order chi connectivity index (χ0) is 7.28. The summed E-state index contributed by atoms with van der Waals surface area (Å²) < 4.78 is 4.30. The number of nitrogens with one attached hydrogen (secondary N) is 1. The minimum Gasteiger partial charge on any atom is -0.465 e. The Morgan fingerprint density at radius 3 is 2.40 bits per heavy atom. The van der Waals surface area contributed by atoms with E-state index in [1.165, 1.54) is 7.11 Å². The molecule has 0 rings (SSSR count). The standard InChI is InChI=1S/C6H11NO2.ClH/c1-3-4-5(7)6(8)9-2;/h7H,3-4H2,1-2H3;1H. The van der Waals surface area contributed by atoms with Crippen LogP contribution in [0.25, 0.3) is 0 Å². The first-order valence-electron chi connectivity index (χ1n) is 2.88. The summed E-state index contributed by atoms with van der Waals surface area (Å²) in [6.07, 6.45) is 1.32. The average Bonchev–Trinajstić information content (AvgIpc) is 1.87. The van der Waals surface area contributed by atoms with Crippen LogP contribution in [-0.4, -0.2) is 18.8 Å². The van der Waals surface area contributed by atoms with Crippen molar-refractivity contribution in [3.63, 3.8) is 0 Å². The predicted molar refractivity (Wildman–Crippen MR) is 41.9 cm³/mol. The average molecular weight is 166 g/mol. The molecule has 0 spiro atoms. The Morgan fingerprint density at radius 1 is 1.60 bits per heavy atom. The third-order valence-corrected chi connectivity index (χ3v) is 0.932. The molecule has 0 heterocycles. The molecule has 0 amide bonds. The van der Waals surface area contributed by atoms with Crippen molar-refractivity contribution < 1.29 is 9.53 Å². The molecule has 10 heavy (non-hydrogen) atoms. The first-order valence-corrected chi connectivity index (χ1v) is 2.88. The van der Waals surface area contributed by atoms with E-state index >= 15 is 0 Å². The van der Waals surface area contributed by atoms with E-state index in [0.29, 0.717) is 6.42 Å². The van der Waals surface area contributed by atoms with Gasteiger partial charge in [0, 0.05) is 0 Å². The fraction of sp³-hybridized carbons (Fsp3) is 0.667. The van der Waals surface area contributed by atoms with Gasteiger partial charge in [0.25, 0.3) is 0 Å². The lowest BCUT2D eigenvalue weighted by Gasteiger charge is -1.96. The molecule has 1 N–H and O–H groups in total. The van der Waals surface area contributed by atoms with Crippen LogP contribution in [0.5, 0.6) is 0 Å². The maximum atomic E-state index is 10.5. The van der Waals surface area contributed by atoms with Gasteiger partial charge in [0.15, 0.2) is 0 Å². The van der Waals surface area contributed by atoms with Crippen LogP contribution in [0.4, 0.5) is 0 Å². The van der Waals surface area contributed by atoms with E-state index in [4.69, 9.17) is 5.41 Å². The highest BCUT2D eigenvalue weighted by atomic mass is 35.5. The highest BCUT2D eigenvalue weighted by Crippen LogP contribution is 1.90. The summed E-state index contributed by atoms with van der Waals surface area (Å²) in [6.45, 7) is 1.91. The number of carbonyl (C=O) groups is 1. The van der Waals surface area contributed by atoms with E-state index in [0.717, 1.165) is 6.42 Å². The van der Waals surface area contributed by atoms with Crippen LogP contribution in [0.3, 0.4) is 0 Å². The van der Waals surface area contributed by atoms with Gasteiger partial charge in [-0.05, 0) is 6.42 Å². The molecule has 0 atom stereocenters. The molecule has 0 bridgehead atoms. The van der Waals surface area contributed by atoms with Crippen molar-refractivity contribution in [1.29, 1.82) is 5.41 Å². The van der Waals surface area contributed by atoms with Crippen LogP contribution in [0.1, 0.15) is 19.8 Å². The van der Waals surface area contributed by atoms with Crippen molar-refractivity contribution in [2.75, 3.05) is 7.11 Å². The van der Waals surface area contributed by atoms with Gasteiger partial charge in [0.1, 0.15) is 5.71 Å². The van der Waals surface area contributed by atoms with E-state index in [1.807, 2.05) is 6.92 Å². The van der Waals surface area contributed by atoms with Crippen LogP contribution in [0.15, 0.2) is 0 Å². The summed E-state index contributed by atoms with van der Waals surface area (Å²) in [5.74, 6) is -0.517. The lowest BCUT2D eigenvalue weighted by atomic mass is 10.2. The van der Waals surface area contributed by atoms with Crippen LogP contribution < -0.4 is 0 Å². The number of rotatable bonds is 3. The molecular formula is C6H12ClNO2. The Hall–Kier alpha value is -0.570. The van der Waals surface area contributed by atoms with E-state index in [1.54, 1.807) is 0 Å². The van der Waals surface area contributed by atoms with Gasteiger partial charge in [-0.25, -0.2) is 4.79 Å². The lowest BCUT2D eigenvalue weighted by Crippen LogP contribution is -2.13. The van der Waals surface area contributed by atoms with Crippen LogP contribution in [0, 0.1) is 5.41 Å². The van der Waals surface area contributed by atoms with E-state index in [2.05, 4.69) is 4.74 Å². The molecule has 60 valence electrons. The summed E-state index contributed by atoms with van der Waals surface area (Å²) in [7, 11) is 1.28. The number of ether oxygens (including phenoxy) is 1. The van der Waals surface area contributed by atoms with Gasteiger partial charge in [0.05, 0.1) is 7.11 Å². The second-order valence-corrected chi connectivity index (χ2v) is 1.72. The Kier molecular flexibility index (Phi) is 7.95. The first kappa shape index (κ1) is 12.1. The maximum absolute atomic E-state index is 10.5. The Labute approximate surface area is 66.7 Å². The highest BCUT2D eigenvalue weighted by Gasteiger charge is 2.05. The molecule has 4 heteroatoms. The van der Waals surface area contributed by atoms with Gasteiger partial charge >= 0.3 is 5.97 Å². The van der Waals surface area contributed by atoms with Gasteiger partial charge in [-0.15, -0.1) is 12.4 Å². The molecule has 0 saturated heterocycles. The molecule has 0 saturated carbocycles. The van der Waals surface area contributed by atoms with E-state index < -0.39 is 5.97 Å². The maximum Gasteiger partial charge on any atom is 0.351 e. The van der Waals surface area contributed by atoms with Crippen LogP contribution >= 0.6 is 12.4 Å². The number of esters is 1. The molecule has 0 aromatic carbocycles. The molecule has 0 aliphatic rings. The monoisotopic (exact) mass is 165 g/mol. The topological polar surface area (TPSA) is 50.2 Å². The molecule has 0 aliphatic carbocycles. The molecule has 0 aromatic rings. The summed E-state index contributed by atoms with van der Waals surface area (Å²) in [4.78, 5) is 10.5. The summed E-state index contributed by atoms with van der Waals surface area (Å²) in [5.41, 5.74) is 0.0556. The Morgan fingerprint density at radius 2 is 2.10 bits per heavy atom. The number of carbonyl (C=O) groups excluding carboxylic acids is 1. The number of hydrogen-bond donors (Lipinski definition) is 1. The molecule has 0 aromatic heterocycles. The van der Waals surface area contributed by atoms with Crippen molar-refractivity contribution in [3.8, 4) is 0 Å². The number of hydrogen-bond acceptors (Lipinski definition) is 3. The van der Waals surface area contributed by atoms with E-state index in [-0.39, 0.29) is 18.1 Å². The third kappa shape index (κ3) is 4.32. The fourth-order valence-corrected chi connectivity index (χ4v) is 0.475. The lowest BCUT2D eigenvalue weighted by molar-refractivity contribution is -0.132. The smallest absolute Gasteiger partial charge is 0.351 e. The van der Waals surface area contributed by atoms with Crippen LogP contribution in [-0.2, 0) is 9.53 Å². The molecule has 0 fully saturated rings. The van der Waals surface area contributed by atoms with Gasteiger partial charge < -0.3 is 4.74 Å². The second-order valence-electron chi connectivity index (χ2n) is 1.72. The fourth-order valence-electron chi connectivity index (χ4n) is 0.475. The van der Waals surface area contributed by atoms with Crippen molar-refractivity contribution in [1.82, 2.24) is 0 Å². The predicted octanol–water partition coefficient (Wildman–Crippen LogP) is 1.40. The largest absolute Gasteiger partial charge is 0.465 e. The second kappa shape index (κ2) is 6.55.